The number of hydrogen-bond donors (Lipinski definition) is 0. The fraction of sp³-hybridized carbons (Fsp3) is 0.273. The quantitative estimate of drug-likeness (QED) is 0.849. The van der Waals surface area contributed by atoms with E-state index in [0.29, 0.717) is 12.1 Å². The van der Waals surface area contributed by atoms with Gasteiger partial charge in [0.25, 0.3) is 5.56 Å². The Morgan fingerprint density at radius 3 is 2.81 bits per heavy atom. The summed E-state index contributed by atoms with van der Waals surface area (Å²) in [5, 5.41) is 3.86. The van der Waals surface area contributed by atoms with Crippen molar-refractivity contribution in [2.45, 2.75) is 20.4 Å². The van der Waals surface area contributed by atoms with Crippen LogP contribution in [-0.4, -0.2) is 9.72 Å². The van der Waals surface area contributed by atoms with Crippen LogP contribution in [0, 0.1) is 13.8 Å². The number of nitrogens with zero attached hydrogens (tertiary/aromatic N) is 2. The molecule has 4 nitrogen and oxygen atoms in total. The number of aryl methyl sites for hydroxylation is 2. The summed E-state index contributed by atoms with van der Waals surface area (Å²) in [7, 11) is 0. The standard InChI is InChI=1S/C11H11BrN2O2/c1-7-3-9(12)5-14(11(7)15)6-10-4-8(2)16-13-10/h3-5H,6H2,1-2H3. The van der Waals surface area contributed by atoms with Gasteiger partial charge in [-0.2, -0.15) is 0 Å². The van der Waals surface area contributed by atoms with Gasteiger partial charge in [0, 0.05) is 22.3 Å². The molecule has 0 aromatic carbocycles. The van der Waals surface area contributed by atoms with Crippen LogP contribution < -0.4 is 5.56 Å². The van der Waals surface area contributed by atoms with Gasteiger partial charge in [0.15, 0.2) is 0 Å². The van der Waals surface area contributed by atoms with Crippen LogP contribution in [0.5, 0.6) is 0 Å². The summed E-state index contributed by atoms with van der Waals surface area (Å²) < 4.78 is 7.45. The van der Waals surface area contributed by atoms with E-state index in [1.165, 1.54) is 0 Å². The van der Waals surface area contributed by atoms with E-state index < -0.39 is 0 Å². The molecular formula is C11H11BrN2O2. The number of aromatic nitrogens is 2. The lowest BCUT2D eigenvalue weighted by Gasteiger charge is -2.04. The molecule has 0 radical (unpaired) electrons. The van der Waals surface area contributed by atoms with Crippen LogP contribution >= 0.6 is 15.9 Å². The van der Waals surface area contributed by atoms with Crippen molar-refractivity contribution in [2.24, 2.45) is 0 Å². The molecule has 0 saturated carbocycles. The molecule has 5 heteroatoms. The highest BCUT2D eigenvalue weighted by Gasteiger charge is 2.05. The molecule has 0 bridgehead atoms. The van der Waals surface area contributed by atoms with Crippen molar-refractivity contribution in [3.05, 3.63) is 50.2 Å². The van der Waals surface area contributed by atoms with Crippen LogP contribution in [0.25, 0.3) is 0 Å². The molecule has 2 rings (SSSR count). The van der Waals surface area contributed by atoms with Gasteiger partial charge in [-0.3, -0.25) is 4.79 Å². The van der Waals surface area contributed by atoms with E-state index in [4.69, 9.17) is 4.52 Å². The topological polar surface area (TPSA) is 48.0 Å². The lowest BCUT2D eigenvalue weighted by molar-refractivity contribution is 0.388. The van der Waals surface area contributed by atoms with Gasteiger partial charge in [-0.15, -0.1) is 0 Å². The maximum Gasteiger partial charge on any atom is 0.253 e. The molecule has 0 N–H and O–H groups in total. The van der Waals surface area contributed by atoms with Gasteiger partial charge >= 0.3 is 0 Å². The summed E-state index contributed by atoms with van der Waals surface area (Å²) in [6.45, 7) is 4.04. The number of halogens is 1. The smallest absolute Gasteiger partial charge is 0.253 e. The Bertz CT molecular complexity index is 572. The fourth-order valence-electron chi connectivity index (χ4n) is 1.52. The van der Waals surface area contributed by atoms with Gasteiger partial charge in [-0.25, -0.2) is 0 Å². The average Bonchev–Trinajstić information content (AvgIpc) is 2.60. The zero-order valence-electron chi connectivity index (χ0n) is 9.03. The minimum atomic E-state index is -0.0103. The number of rotatable bonds is 2. The maximum atomic E-state index is 11.8. The first-order valence-electron chi connectivity index (χ1n) is 4.85. The van der Waals surface area contributed by atoms with E-state index >= 15 is 0 Å². The van der Waals surface area contributed by atoms with E-state index in [1.54, 1.807) is 23.8 Å². The molecule has 2 heterocycles. The van der Waals surface area contributed by atoms with Crippen molar-refractivity contribution >= 4 is 15.9 Å². The van der Waals surface area contributed by atoms with Crippen molar-refractivity contribution in [2.75, 3.05) is 0 Å². The minimum Gasteiger partial charge on any atom is -0.361 e. The first kappa shape index (κ1) is 11.1. The molecule has 0 spiro atoms. The third kappa shape index (κ3) is 2.24. The SMILES string of the molecule is Cc1cc(Cn2cc(Br)cc(C)c2=O)no1. The van der Waals surface area contributed by atoms with E-state index in [2.05, 4.69) is 21.1 Å². The normalized spacial score (nSPS) is 10.7. The molecule has 0 saturated heterocycles. The van der Waals surface area contributed by atoms with Crippen molar-refractivity contribution in [3.63, 3.8) is 0 Å². The van der Waals surface area contributed by atoms with Crippen LogP contribution in [-0.2, 0) is 6.54 Å². The summed E-state index contributed by atoms with van der Waals surface area (Å²) in [5.41, 5.74) is 1.44. The zero-order chi connectivity index (χ0) is 11.7. The summed E-state index contributed by atoms with van der Waals surface area (Å²) >= 11 is 3.36. The third-order valence-corrected chi connectivity index (χ3v) is 2.67. The average molecular weight is 283 g/mol. The predicted molar refractivity (Wildman–Crippen MR) is 63.5 cm³/mol. The lowest BCUT2D eigenvalue weighted by Crippen LogP contribution is -2.22. The highest BCUT2D eigenvalue weighted by molar-refractivity contribution is 9.10. The summed E-state index contributed by atoms with van der Waals surface area (Å²) in [6, 6.07) is 3.62. The van der Waals surface area contributed by atoms with Crippen LogP contribution in [0.3, 0.4) is 0 Å². The Balaban J connectivity index is 2.38. The van der Waals surface area contributed by atoms with Crippen LogP contribution in [0.1, 0.15) is 17.0 Å². The van der Waals surface area contributed by atoms with Crippen LogP contribution in [0.4, 0.5) is 0 Å². The van der Waals surface area contributed by atoms with Gasteiger partial charge < -0.3 is 9.09 Å². The minimum absolute atomic E-state index is 0.0103. The van der Waals surface area contributed by atoms with E-state index in [1.807, 2.05) is 13.0 Å². The second-order valence-corrected chi connectivity index (χ2v) is 4.62. The second kappa shape index (κ2) is 4.25. The van der Waals surface area contributed by atoms with Crippen LogP contribution in [0.2, 0.25) is 0 Å². The zero-order valence-corrected chi connectivity index (χ0v) is 10.6. The highest BCUT2D eigenvalue weighted by Crippen LogP contribution is 2.10. The Labute approximate surface area is 101 Å². The largest absolute Gasteiger partial charge is 0.361 e. The van der Waals surface area contributed by atoms with Gasteiger partial charge in [-0.05, 0) is 35.8 Å². The Morgan fingerprint density at radius 2 is 2.19 bits per heavy atom. The van der Waals surface area contributed by atoms with Gasteiger partial charge in [-0.1, -0.05) is 5.16 Å². The van der Waals surface area contributed by atoms with Crippen LogP contribution in [0.15, 0.2) is 32.1 Å². The first-order valence-corrected chi connectivity index (χ1v) is 5.64. The molecule has 2 aromatic rings. The molecular weight excluding hydrogens is 272 g/mol. The molecule has 0 amide bonds. The molecule has 0 atom stereocenters. The van der Waals surface area contributed by atoms with Gasteiger partial charge in [0.05, 0.1) is 6.54 Å². The van der Waals surface area contributed by atoms with Gasteiger partial charge in [0.2, 0.25) is 0 Å². The molecule has 0 aliphatic heterocycles. The maximum absolute atomic E-state index is 11.8. The number of hydrogen-bond acceptors (Lipinski definition) is 3. The third-order valence-electron chi connectivity index (χ3n) is 2.24. The Kier molecular flexibility index (Phi) is 2.96. The summed E-state index contributed by atoms with van der Waals surface area (Å²) in [5.74, 6) is 0.745. The molecule has 0 fully saturated rings. The molecule has 2 aromatic heterocycles. The van der Waals surface area contributed by atoms with Gasteiger partial charge in [0.1, 0.15) is 11.5 Å². The van der Waals surface area contributed by atoms with E-state index in [0.717, 1.165) is 15.9 Å². The predicted octanol–water partition coefficient (Wildman–Crippen LogP) is 2.26. The molecule has 84 valence electrons. The second-order valence-electron chi connectivity index (χ2n) is 3.70. The monoisotopic (exact) mass is 282 g/mol. The molecule has 0 unspecified atom stereocenters. The Hall–Kier alpha value is -1.36. The van der Waals surface area contributed by atoms with Crippen molar-refractivity contribution in [3.8, 4) is 0 Å². The van der Waals surface area contributed by atoms with E-state index in [9.17, 15) is 4.79 Å². The fourth-order valence-corrected chi connectivity index (χ4v) is 2.11. The molecule has 0 aliphatic carbocycles. The molecule has 16 heavy (non-hydrogen) atoms. The highest BCUT2D eigenvalue weighted by atomic mass is 79.9. The van der Waals surface area contributed by atoms with Crippen molar-refractivity contribution < 1.29 is 4.52 Å². The summed E-state index contributed by atoms with van der Waals surface area (Å²) in [4.78, 5) is 11.8. The first-order chi connectivity index (χ1) is 7.56. The number of pyridine rings is 1. The van der Waals surface area contributed by atoms with E-state index in [-0.39, 0.29) is 5.56 Å². The van der Waals surface area contributed by atoms with Crippen molar-refractivity contribution in [1.82, 2.24) is 9.72 Å². The molecule has 0 aliphatic rings. The summed E-state index contributed by atoms with van der Waals surface area (Å²) in [6.07, 6.45) is 1.75. The lowest BCUT2D eigenvalue weighted by atomic mass is 10.3. The Morgan fingerprint density at radius 1 is 1.44 bits per heavy atom. The van der Waals surface area contributed by atoms with Crippen molar-refractivity contribution in [1.29, 1.82) is 0 Å².